The van der Waals surface area contributed by atoms with Gasteiger partial charge in [0.05, 0.1) is 0 Å². The lowest BCUT2D eigenvalue weighted by molar-refractivity contribution is 0.164. The molecule has 1 aliphatic carbocycles. The summed E-state index contributed by atoms with van der Waals surface area (Å²) in [5, 5.41) is 0. The third-order valence-corrected chi connectivity index (χ3v) is 4.11. The first-order valence-electron chi connectivity index (χ1n) is 6.78. The molecule has 0 radical (unpaired) electrons. The highest BCUT2D eigenvalue weighted by molar-refractivity contribution is 5.26. The Balaban J connectivity index is 2.08. The SMILES string of the molecule is Cc1ccc(C(CN)N(C)CC2CCC2)cc1F. The number of nitrogens with zero attached hydrogens (tertiary/aromatic N) is 1. The van der Waals surface area contributed by atoms with E-state index in [2.05, 4.69) is 11.9 Å². The summed E-state index contributed by atoms with van der Waals surface area (Å²) in [6, 6.07) is 5.59. The third-order valence-electron chi connectivity index (χ3n) is 4.11. The van der Waals surface area contributed by atoms with Gasteiger partial charge >= 0.3 is 0 Å². The van der Waals surface area contributed by atoms with Gasteiger partial charge < -0.3 is 5.73 Å². The van der Waals surface area contributed by atoms with E-state index in [-0.39, 0.29) is 11.9 Å². The Hall–Kier alpha value is -0.930. The number of aryl methyl sites for hydroxylation is 1. The first-order chi connectivity index (χ1) is 8.61. The molecule has 3 heteroatoms. The monoisotopic (exact) mass is 250 g/mol. The van der Waals surface area contributed by atoms with Gasteiger partial charge in [0.15, 0.2) is 0 Å². The zero-order valence-corrected chi connectivity index (χ0v) is 11.3. The van der Waals surface area contributed by atoms with Gasteiger partial charge in [-0.1, -0.05) is 18.6 Å². The summed E-state index contributed by atoms with van der Waals surface area (Å²) in [6.07, 6.45) is 4.00. The highest BCUT2D eigenvalue weighted by atomic mass is 19.1. The van der Waals surface area contributed by atoms with Gasteiger partial charge in [-0.2, -0.15) is 0 Å². The largest absolute Gasteiger partial charge is 0.329 e. The maximum atomic E-state index is 13.6. The van der Waals surface area contributed by atoms with Crippen LogP contribution >= 0.6 is 0 Å². The zero-order chi connectivity index (χ0) is 13.1. The van der Waals surface area contributed by atoms with Gasteiger partial charge in [-0.25, -0.2) is 4.39 Å². The lowest BCUT2D eigenvalue weighted by Crippen LogP contribution is -2.36. The number of halogens is 1. The van der Waals surface area contributed by atoms with Crippen LogP contribution in [-0.2, 0) is 0 Å². The summed E-state index contributed by atoms with van der Waals surface area (Å²) >= 11 is 0. The van der Waals surface area contributed by atoms with E-state index >= 15 is 0 Å². The van der Waals surface area contributed by atoms with Crippen LogP contribution < -0.4 is 5.73 Å². The molecule has 2 nitrogen and oxygen atoms in total. The first kappa shape index (κ1) is 13.5. The van der Waals surface area contributed by atoms with Crippen molar-refractivity contribution in [1.82, 2.24) is 4.90 Å². The van der Waals surface area contributed by atoms with Crippen molar-refractivity contribution in [2.24, 2.45) is 11.7 Å². The molecule has 0 bridgehead atoms. The average molecular weight is 250 g/mol. The van der Waals surface area contributed by atoms with Gasteiger partial charge in [-0.15, -0.1) is 0 Å². The van der Waals surface area contributed by atoms with E-state index in [0.29, 0.717) is 12.1 Å². The molecule has 18 heavy (non-hydrogen) atoms. The second-order valence-electron chi connectivity index (χ2n) is 5.50. The van der Waals surface area contributed by atoms with Crippen LogP contribution in [0, 0.1) is 18.7 Å². The number of nitrogens with two attached hydrogens (primary N) is 1. The lowest BCUT2D eigenvalue weighted by atomic mass is 9.84. The van der Waals surface area contributed by atoms with Crippen LogP contribution in [0.3, 0.4) is 0 Å². The Morgan fingerprint density at radius 1 is 1.44 bits per heavy atom. The normalized spacial score (nSPS) is 17.8. The quantitative estimate of drug-likeness (QED) is 0.870. The highest BCUT2D eigenvalue weighted by Gasteiger charge is 2.23. The highest BCUT2D eigenvalue weighted by Crippen LogP contribution is 2.29. The van der Waals surface area contributed by atoms with E-state index in [0.717, 1.165) is 18.0 Å². The van der Waals surface area contributed by atoms with Crippen molar-refractivity contribution in [2.45, 2.75) is 32.2 Å². The standard InChI is InChI=1S/C15H23FN2/c1-11-6-7-13(8-14(11)16)15(9-17)18(2)10-12-4-3-5-12/h6-8,12,15H,3-5,9-10,17H2,1-2H3. The second kappa shape index (κ2) is 5.81. The third kappa shape index (κ3) is 2.90. The molecule has 0 heterocycles. The van der Waals surface area contributed by atoms with E-state index in [9.17, 15) is 4.39 Å². The predicted molar refractivity (Wildman–Crippen MR) is 72.9 cm³/mol. The van der Waals surface area contributed by atoms with Crippen LogP contribution in [0.2, 0.25) is 0 Å². The minimum absolute atomic E-state index is 0.126. The zero-order valence-electron chi connectivity index (χ0n) is 11.3. The summed E-state index contributed by atoms with van der Waals surface area (Å²) in [5.74, 6) is 0.669. The fourth-order valence-corrected chi connectivity index (χ4v) is 2.60. The smallest absolute Gasteiger partial charge is 0.126 e. The minimum atomic E-state index is -0.136. The molecule has 1 atom stereocenters. The van der Waals surface area contributed by atoms with Crippen molar-refractivity contribution >= 4 is 0 Å². The van der Waals surface area contributed by atoms with E-state index in [4.69, 9.17) is 5.73 Å². The molecular weight excluding hydrogens is 227 g/mol. The number of hydrogen-bond donors (Lipinski definition) is 1. The number of rotatable bonds is 5. The maximum absolute atomic E-state index is 13.6. The summed E-state index contributed by atoms with van der Waals surface area (Å²) < 4.78 is 13.6. The van der Waals surface area contributed by atoms with Gasteiger partial charge in [0.1, 0.15) is 5.82 Å². The number of likely N-dealkylation sites (N-methyl/N-ethyl adjacent to an activating group) is 1. The fraction of sp³-hybridized carbons (Fsp3) is 0.600. The fourth-order valence-electron chi connectivity index (χ4n) is 2.60. The van der Waals surface area contributed by atoms with Gasteiger partial charge in [0.25, 0.3) is 0 Å². The molecule has 1 saturated carbocycles. The molecule has 0 saturated heterocycles. The molecule has 0 aromatic heterocycles. The number of hydrogen-bond acceptors (Lipinski definition) is 2. The molecular formula is C15H23FN2. The van der Waals surface area contributed by atoms with Crippen LogP contribution in [0.25, 0.3) is 0 Å². The van der Waals surface area contributed by atoms with E-state index in [1.165, 1.54) is 19.3 Å². The van der Waals surface area contributed by atoms with Crippen LogP contribution in [0.5, 0.6) is 0 Å². The molecule has 0 amide bonds. The minimum Gasteiger partial charge on any atom is -0.329 e. The van der Waals surface area contributed by atoms with Gasteiger partial charge in [-0.05, 0) is 49.9 Å². The lowest BCUT2D eigenvalue weighted by Gasteiger charge is -2.34. The molecule has 2 rings (SSSR count). The molecule has 1 unspecified atom stereocenters. The summed E-state index contributed by atoms with van der Waals surface area (Å²) in [5.41, 5.74) is 7.54. The van der Waals surface area contributed by atoms with Crippen LogP contribution in [0.1, 0.15) is 36.4 Å². The average Bonchev–Trinajstić information content (AvgIpc) is 2.29. The second-order valence-corrected chi connectivity index (χ2v) is 5.50. The molecule has 100 valence electrons. The van der Waals surface area contributed by atoms with Gasteiger partial charge in [0.2, 0.25) is 0 Å². The van der Waals surface area contributed by atoms with Gasteiger partial charge in [-0.3, -0.25) is 4.90 Å². The summed E-state index contributed by atoms with van der Waals surface area (Å²) in [6.45, 7) is 3.39. The topological polar surface area (TPSA) is 29.3 Å². The first-order valence-corrected chi connectivity index (χ1v) is 6.78. The van der Waals surface area contributed by atoms with Crippen molar-refractivity contribution in [3.8, 4) is 0 Å². The van der Waals surface area contributed by atoms with E-state index in [1.807, 2.05) is 12.1 Å². The van der Waals surface area contributed by atoms with Crippen LogP contribution in [0.15, 0.2) is 18.2 Å². The van der Waals surface area contributed by atoms with Crippen molar-refractivity contribution in [3.05, 3.63) is 35.1 Å². The molecule has 1 aromatic rings. The summed E-state index contributed by atoms with van der Waals surface area (Å²) in [4.78, 5) is 2.27. The van der Waals surface area contributed by atoms with Crippen molar-refractivity contribution < 1.29 is 4.39 Å². The molecule has 1 fully saturated rings. The Kier molecular flexibility index (Phi) is 4.36. The molecule has 1 aromatic carbocycles. The summed E-state index contributed by atoms with van der Waals surface area (Å²) in [7, 11) is 2.09. The number of benzene rings is 1. The molecule has 2 N–H and O–H groups in total. The Morgan fingerprint density at radius 3 is 2.67 bits per heavy atom. The van der Waals surface area contributed by atoms with Crippen molar-refractivity contribution in [2.75, 3.05) is 20.1 Å². The van der Waals surface area contributed by atoms with Crippen LogP contribution in [0.4, 0.5) is 4.39 Å². The van der Waals surface area contributed by atoms with Crippen LogP contribution in [-0.4, -0.2) is 25.0 Å². The molecule has 0 spiro atoms. The van der Waals surface area contributed by atoms with Crippen molar-refractivity contribution in [1.29, 1.82) is 0 Å². The van der Waals surface area contributed by atoms with Gasteiger partial charge in [0, 0.05) is 19.1 Å². The van der Waals surface area contributed by atoms with E-state index < -0.39 is 0 Å². The molecule has 0 aliphatic heterocycles. The Labute approximate surface area is 109 Å². The molecule has 1 aliphatic rings. The Morgan fingerprint density at radius 2 is 2.17 bits per heavy atom. The Bertz CT molecular complexity index is 401. The van der Waals surface area contributed by atoms with Crippen molar-refractivity contribution in [3.63, 3.8) is 0 Å². The maximum Gasteiger partial charge on any atom is 0.126 e. The van der Waals surface area contributed by atoms with E-state index in [1.54, 1.807) is 13.0 Å². The predicted octanol–water partition coefficient (Wildman–Crippen LogP) is 2.87.